The quantitative estimate of drug-likeness (QED) is 0.165. The van der Waals surface area contributed by atoms with Gasteiger partial charge in [0.2, 0.25) is 0 Å². The van der Waals surface area contributed by atoms with Crippen LogP contribution >= 0.6 is 0 Å². The van der Waals surface area contributed by atoms with Crippen molar-refractivity contribution in [3.8, 4) is 0 Å². The average Bonchev–Trinajstić information content (AvgIpc) is 2.85. The molecule has 0 bridgehead atoms. The molecule has 172 valence electrons. The summed E-state index contributed by atoms with van der Waals surface area (Å²) in [4.78, 5) is 17.6. The highest BCUT2D eigenvalue weighted by molar-refractivity contribution is 6.84. The summed E-state index contributed by atoms with van der Waals surface area (Å²) in [7, 11) is 0. The van der Waals surface area contributed by atoms with Crippen LogP contribution in [0, 0.1) is 0 Å². The molecule has 3 aromatic rings. The van der Waals surface area contributed by atoms with Crippen molar-refractivity contribution in [2.24, 2.45) is 4.90 Å². The van der Waals surface area contributed by atoms with Crippen LogP contribution in [0.2, 0.25) is 0 Å². The first-order valence-electron chi connectivity index (χ1n) is 10.7. The zero-order chi connectivity index (χ0) is 24.6. The number of carbonyl (C=O) groups excluding carboxylic acids is 1. The van der Waals surface area contributed by atoms with Gasteiger partial charge in [-0.05, 0) is 17.8 Å². The lowest BCUT2D eigenvalue weighted by molar-refractivity contribution is -0.0581. The minimum Gasteiger partial charge on any atom is -0.384 e. The van der Waals surface area contributed by atoms with Crippen molar-refractivity contribution < 1.29 is 18.0 Å². The van der Waals surface area contributed by atoms with E-state index in [9.17, 15) is 18.0 Å². The number of ketones is 1. The van der Waals surface area contributed by atoms with Crippen molar-refractivity contribution in [2.75, 3.05) is 6.54 Å². The molecular weight excluding hydrogens is 436 g/mol. The summed E-state index contributed by atoms with van der Waals surface area (Å²) in [6.45, 7) is 4.28. The Morgan fingerprint density at radius 3 is 1.82 bits per heavy atom. The van der Waals surface area contributed by atoms with Crippen LogP contribution in [0.3, 0.4) is 0 Å². The van der Waals surface area contributed by atoms with Gasteiger partial charge in [0.05, 0.1) is 5.57 Å². The Morgan fingerprint density at radius 1 is 0.912 bits per heavy atom. The van der Waals surface area contributed by atoms with Crippen LogP contribution in [0.25, 0.3) is 0 Å². The molecular formula is C27H24BF3N2O. The van der Waals surface area contributed by atoms with Gasteiger partial charge in [-0.1, -0.05) is 97.1 Å². The normalized spacial score (nSPS) is 12.5. The number of rotatable bonds is 9. The van der Waals surface area contributed by atoms with Gasteiger partial charge in [0.25, 0.3) is 0 Å². The van der Waals surface area contributed by atoms with Crippen molar-refractivity contribution in [3.63, 3.8) is 0 Å². The van der Waals surface area contributed by atoms with Crippen molar-refractivity contribution in [2.45, 2.75) is 13.1 Å². The number of hydrogen-bond acceptors (Lipinski definition) is 3. The van der Waals surface area contributed by atoms with Gasteiger partial charge < -0.3 is 10.2 Å². The fraction of sp³-hybridized carbons (Fsp3) is 0.111. The van der Waals surface area contributed by atoms with Gasteiger partial charge in [-0.3, -0.25) is 4.79 Å². The molecule has 0 heterocycles. The third-order valence-electron chi connectivity index (χ3n) is 5.14. The van der Waals surface area contributed by atoms with E-state index in [1.807, 2.05) is 0 Å². The maximum absolute atomic E-state index is 14.6. The van der Waals surface area contributed by atoms with Crippen LogP contribution in [-0.2, 0) is 0 Å². The van der Waals surface area contributed by atoms with E-state index < -0.39 is 30.1 Å². The highest BCUT2D eigenvalue weighted by Gasteiger charge is 2.42. The Kier molecular flexibility index (Phi) is 8.25. The smallest absolute Gasteiger partial charge is 0.384 e. The first-order valence-corrected chi connectivity index (χ1v) is 10.7. The minimum atomic E-state index is -4.88. The number of halogens is 3. The minimum absolute atomic E-state index is 0.0738. The average molecular weight is 460 g/mol. The first-order chi connectivity index (χ1) is 16.3. The number of carbonyl (C=O) groups is 1. The van der Waals surface area contributed by atoms with Gasteiger partial charge in [-0.15, -0.1) is 6.58 Å². The number of nitrogens with one attached hydrogen (secondary N) is 1. The third-order valence-corrected chi connectivity index (χ3v) is 5.14. The summed E-state index contributed by atoms with van der Waals surface area (Å²) in [6.07, 6.45) is -3.37. The van der Waals surface area contributed by atoms with E-state index in [0.717, 1.165) is 0 Å². The Bertz CT molecular complexity index is 1140. The van der Waals surface area contributed by atoms with Crippen LogP contribution in [0.5, 0.6) is 0 Å². The Balaban J connectivity index is 2.27. The predicted molar refractivity (Wildman–Crippen MR) is 133 cm³/mol. The zero-order valence-electron chi connectivity index (χ0n) is 18.7. The summed E-state index contributed by atoms with van der Waals surface area (Å²) in [5, 5.41) is 2.85. The van der Waals surface area contributed by atoms with Gasteiger partial charge in [0.15, 0.2) is 5.78 Å². The number of nitrogens with zero attached hydrogens (tertiary/aromatic N) is 1. The van der Waals surface area contributed by atoms with Crippen molar-refractivity contribution in [1.82, 2.24) is 5.32 Å². The Labute approximate surface area is 197 Å². The van der Waals surface area contributed by atoms with Crippen LogP contribution in [0.1, 0.15) is 17.3 Å². The van der Waals surface area contributed by atoms with Gasteiger partial charge in [0, 0.05) is 17.8 Å². The summed E-state index contributed by atoms with van der Waals surface area (Å²) in [5.74, 6) is -0.759. The first kappa shape index (κ1) is 24.8. The van der Waals surface area contributed by atoms with E-state index in [4.69, 9.17) is 0 Å². The number of Topliss-reactive ketones (excluding diaryl/α,β-unsaturated/α-hetero) is 1. The second kappa shape index (κ2) is 11.3. The van der Waals surface area contributed by atoms with Gasteiger partial charge >= 0.3 is 13.0 Å². The summed E-state index contributed by atoms with van der Waals surface area (Å²) in [5.41, 5.74) is -0.363. The van der Waals surface area contributed by atoms with Crippen LogP contribution in [-0.4, -0.2) is 31.1 Å². The lowest BCUT2D eigenvalue weighted by Crippen LogP contribution is -2.44. The predicted octanol–water partition coefficient (Wildman–Crippen LogP) is 4.73. The molecule has 0 amide bonds. The van der Waals surface area contributed by atoms with Gasteiger partial charge in [-0.2, -0.15) is 13.2 Å². The van der Waals surface area contributed by atoms with E-state index in [-0.39, 0.29) is 17.8 Å². The van der Waals surface area contributed by atoms with E-state index in [1.54, 1.807) is 78.9 Å². The molecule has 0 fully saturated rings. The highest BCUT2D eigenvalue weighted by atomic mass is 19.4. The van der Waals surface area contributed by atoms with E-state index in [2.05, 4.69) is 16.8 Å². The topological polar surface area (TPSA) is 41.5 Å². The van der Waals surface area contributed by atoms with Crippen molar-refractivity contribution in [3.05, 3.63) is 120 Å². The fourth-order valence-corrected chi connectivity index (χ4v) is 3.52. The molecule has 0 aliphatic rings. The molecule has 34 heavy (non-hydrogen) atoms. The van der Waals surface area contributed by atoms with Crippen LogP contribution in [0.4, 0.5) is 13.2 Å². The van der Waals surface area contributed by atoms with Gasteiger partial charge in [-0.25, -0.2) is 0 Å². The van der Waals surface area contributed by atoms with E-state index in [0.29, 0.717) is 10.9 Å². The molecule has 0 unspecified atom stereocenters. The van der Waals surface area contributed by atoms with Crippen LogP contribution in [0.15, 0.2) is 120 Å². The SMILES string of the molecule is C=CCN/C(C)=C(C(=O)c1ccccc1)\C(=N\B(c1ccccc1)c1ccccc1)C(F)(F)F. The second-order valence-electron chi connectivity index (χ2n) is 7.56. The van der Waals surface area contributed by atoms with Gasteiger partial charge in [0.1, 0.15) is 5.71 Å². The standard InChI is InChI=1S/C27H24BF3N2O/c1-3-19-32-20(2)24(25(34)21-13-7-4-8-14-21)26(27(29,30)31)33-28(22-15-9-5-10-16-22)23-17-11-6-12-18-23/h3-18,32H,1,19H2,2H3/b24-20-,33-26-. The molecule has 0 aliphatic carbocycles. The number of hydrogen-bond donors (Lipinski definition) is 1. The molecule has 0 atom stereocenters. The highest BCUT2D eigenvalue weighted by Crippen LogP contribution is 2.27. The molecule has 0 saturated heterocycles. The number of alkyl halides is 3. The number of benzene rings is 3. The van der Waals surface area contributed by atoms with E-state index >= 15 is 0 Å². The Morgan fingerprint density at radius 2 is 1.38 bits per heavy atom. The third kappa shape index (κ3) is 6.13. The molecule has 3 rings (SSSR count). The van der Waals surface area contributed by atoms with E-state index in [1.165, 1.54) is 25.1 Å². The molecule has 0 spiro atoms. The van der Waals surface area contributed by atoms with Crippen molar-refractivity contribution in [1.29, 1.82) is 0 Å². The number of allylic oxidation sites excluding steroid dienone is 2. The molecule has 3 aromatic carbocycles. The Hall–Kier alpha value is -3.87. The summed E-state index contributed by atoms with van der Waals surface area (Å²) >= 11 is 0. The molecule has 7 heteroatoms. The second-order valence-corrected chi connectivity index (χ2v) is 7.56. The molecule has 0 radical (unpaired) electrons. The van der Waals surface area contributed by atoms with Crippen molar-refractivity contribution >= 4 is 29.3 Å². The molecule has 1 N–H and O–H groups in total. The molecule has 0 aromatic heterocycles. The molecule has 0 saturated carbocycles. The molecule has 3 nitrogen and oxygen atoms in total. The van der Waals surface area contributed by atoms with Crippen LogP contribution < -0.4 is 16.2 Å². The largest absolute Gasteiger partial charge is 0.432 e. The summed E-state index contributed by atoms with van der Waals surface area (Å²) < 4.78 is 43.7. The lowest BCUT2D eigenvalue weighted by Gasteiger charge is -2.20. The molecule has 0 aliphatic heterocycles. The maximum atomic E-state index is 14.6. The lowest BCUT2D eigenvalue weighted by atomic mass is 9.51. The fourth-order valence-electron chi connectivity index (χ4n) is 3.52. The maximum Gasteiger partial charge on any atom is 0.432 e. The summed E-state index contributed by atoms with van der Waals surface area (Å²) in [6, 6.07) is 25.3. The zero-order valence-corrected chi connectivity index (χ0v) is 18.7. The monoisotopic (exact) mass is 460 g/mol.